The van der Waals surface area contributed by atoms with Crippen LogP contribution in [-0.2, 0) is 11.4 Å². The first-order valence-corrected chi connectivity index (χ1v) is 6.78. The van der Waals surface area contributed by atoms with Crippen LogP contribution >= 0.6 is 0 Å². The molecule has 1 saturated carbocycles. The molecular formula is C11H23NOS. The molecule has 84 valence electrons. The largest absolute Gasteiger partial charge is 0.598 e. The van der Waals surface area contributed by atoms with Gasteiger partial charge in [-0.05, 0) is 46.0 Å². The molecule has 0 heterocycles. The lowest BCUT2D eigenvalue weighted by Crippen LogP contribution is -2.48. The minimum Gasteiger partial charge on any atom is -0.598 e. The van der Waals surface area contributed by atoms with E-state index >= 15 is 0 Å². The monoisotopic (exact) mass is 217 g/mol. The highest BCUT2D eigenvalue weighted by molar-refractivity contribution is 7.90. The predicted octanol–water partition coefficient (Wildman–Crippen LogP) is 2.62. The SMILES string of the molecule is CC[C@@H](N[S@@+]([O-])C(C)(C)C)C1CCC1. The lowest BCUT2D eigenvalue weighted by molar-refractivity contribution is 0.243. The zero-order valence-corrected chi connectivity index (χ0v) is 10.6. The average molecular weight is 217 g/mol. The van der Waals surface area contributed by atoms with Gasteiger partial charge in [-0.2, -0.15) is 0 Å². The molecule has 0 aliphatic heterocycles. The third kappa shape index (κ3) is 3.14. The van der Waals surface area contributed by atoms with Crippen molar-refractivity contribution in [2.45, 2.75) is 64.2 Å². The summed E-state index contributed by atoms with van der Waals surface area (Å²) < 4.78 is 15.0. The third-order valence-electron chi connectivity index (χ3n) is 2.97. The summed E-state index contributed by atoms with van der Waals surface area (Å²) in [5.41, 5.74) is 0. The van der Waals surface area contributed by atoms with Gasteiger partial charge in [-0.25, -0.2) is 0 Å². The number of rotatable bonds is 4. The summed E-state index contributed by atoms with van der Waals surface area (Å²) in [6.07, 6.45) is 5.07. The molecule has 0 radical (unpaired) electrons. The van der Waals surface area contributed by atoms with E-state index in [1.165, 1.54) is 19.3 Å². The molecule has 0 saturated heterocycles. The average Bonchev–Trinajstić information content (AvgIpc) is 1.97. The number of hydrogen-bond donors (Lipinski definition) is 1. The van der Waals surface area contributed by atoms with Gasteiger partial charge in [-0.3, -0.25) is 0 Å². The summed E-state index contributed by atoms with van der Waals surface area (Å²) in [7, 11) is 0. The molecule has 1 N–H and O–H groups in total. The van der Waals surface area contributed by atoms with Crippen molar-refractivity contribution < 1.29 is 4.55 Å². The van der Waals surface area contributed by atoms with Crippen molar-refractivity contribution in [2.75, 3.05) is 0 Å². The van der Waals surface area contributed by atoms with Gasteiger partial charge in [0, 0.05) is 11.4 Å². The zero-order chi connectivity index (χ0) is 10.8. The highest BCUT2D eigenvalue weighted by Crippen LogP contribution is 2.31. The Labute approximate surface area is 91.2 Å². The second-order valence-corrected chi connectivity index (χ2v) is 7.20. The standard InChI is InChI=1S/C11H23NOS/c1-5-10(9-7-6-8-9)12-14(13)11(2,3)4/h9-10,12H,5-8H2,1-4H3/t10-,14+/m1/s1. The van der Waals surface area contributed by atoms with E-state index in [0.717, 1.165) is 12.3 Å². The molecular weight excluding hydrogens is 194 g/mol. The van der Waals surface area contributed by atoms with E-state index < -0.39 is 11.4 Å². The molecule has 0 aromatic carbocycles. The predicted molar refractivity (Wildman–Crippen MR) is 62.5 cm³/mol. The molecule has 0 aromatic rings. The Kier molecular flexibility index (Phi) is 4.29. The van der Waals surface area contributed by atoms with Gasteiger partial charge in [0.25, 0.3) is 0 Å². The fraction of sp³-hybridized carbons (Fsp3) is 1.00. The fourth-order valence-corrected chi connectivity index (χ4v) is 2.66. The Balaban J connectivity index is 2.39. The first kappa shape index (κ1) is 12.3. The summed E-state index contributed by atoms with van der Waals surface area (Å²) >= 11 is -0.906. The van der Waals surface area contributed by atoms with Crippen LogP contribution in [-0.4, -0.2) is 15.3 Å². The van der Waals surface area contributed by atoms with E-state index in [1.807, 2.05) is 20.8 Å². The van der Waals surface area contributed by atoms with Crippen molar-refractivity contribution in [2.24, 2.45) is 5.92 Å². The molecule has 0 aromatic heterocycles. The van der Waals surface area contributed by atoms with Gasteiger partial charge in [-0.1, -0.05) is 13.3 Å². The summed E-state index contributed by atoms with van der Waals surface area (Å²) in [5, 5.41) is 0. The van der Waals surface area contributed by atoms with Gasteiger partial charge in [0.15, 0.2) is 0 Å². The van der Waals surface area contributed by atoms with Crippen LogP contribution in [0.3, 0.4) is 0 Å². The van der Waals surface area contributed by atoms with Crippen LogP contribution in [0.25, 0.3) is 0 Å². The van der Waals surface area contributed by atoms with E-state index in [1.54, 1.807) is 0 Å². The fourth-order valence-electron chi connectivity index (χ4n) is 1.67. The van der Waals surface area contributed by atoms with Gasteiger partial charge >= 0.3 is 0 Å². The second-order valence-electron chi connectivity index (χ2n) is 5.20. The van der Waals surface area contributed by atoms with Crippen LogP contribution in [0, 0.1) is 5.92 Å². The minimum absolute atomic E-state index is 0.142. The van der Waals surface area contributed by atoms with Crippen molar-refractivity contribution in [3.63, 3.8) is 0 Å². The minimum atomic E-state index is -0.906. The lowest BCUT2D eigenvalue weighted by atomic mass is 9.79. The van der Waals surface area contributed by atoms with Gasteiger partial charge in [0.05, 0.1) is 6.04 Å². The molecule has 1 rings (SSSR count). The molecule has 2 nitrogen and oxygen atoms in total. The van der Waals surface area contributed by atoms with Crippen molar-refractivity contribution in [1.29, 1.82) is 0 Å². The molecule has 1 fully saturated rings. The van der Waals surface area contributed by atoms with Crippen LogP contribution < -0.4 is 4.72 Å². The van der Waals surface area contributed by atoms with Crippen LogP contribution in [0.5, 0.6) is 0 Å². The van der Waals surface area contributed by atoms with Gasteiger partial charge < -0.3 is 4.55 Å². The Morgan fingerprint density at radius 3 is 2.29 bits per heavy atom. The molecule has 1 aliphatic rings. The topological polar surface area (TPSA) is 35.1 Å². The summed E-state index contributed by atoms with van der Waals surface area (Å²) in [6, 6.07) is 0.462. The van der Waals surface area contributed by atoms with E-state index in [2.05, 4.69) is 11.6 Å². The van der Waals surface area contributed by atoms with Gasteiger partial charge in [-0.15, -0.1) is 4.72 Å². The molecule has 0 bridgehead atoms. The summed E-state index contributed by atoms with van der Waals surface area (Å²) in [4.78, 5) is 0. The normalized spacial score (nSPS) is 22.9. The van der Waals surface area contributed by atoms with Crippen LogP contribution in [0.1, 0.15) is 53.4 Å². The highest BCUT2D eigenvalue weighted by atomic mass is 32.2. The Morgan fingerprint density at radius 1 is 1.43 bits per heavy atom. The molecule has 0 spiro atoms. The second kappa shape index (κ2) is 4.86. The summed E-state index contributed by atoms with van der Waals surface area (Å²) in [6.45, 7) is 8.23. The number of hydrogen-bond acceptors (Lipinski definition) is 2. The van der Waals surface area contributed by atoms with Gasteiger partial charge in [0.2, 0.25) is 0 Å². The van der Waals surface area contributed by atoms with E-state index in [4.69, 9.17) is 0 Å². The Bertz CT molecular complexity index is 175. The van der Waals surface area contributed by atoms with Crippen molar-refractivity contribution in [3.05, 3.63) is 0 Å². The van der Waals surface area contributed by atoms with Gasteiger partial charge in [0.1, 0.15) is 4.75 Å². The summed E-state index contributed by atoms with van der Waals surface area (Å²) in [5.74, 6) is 0.770. The highest BCUT2D eigenvalue weighted by Gasteiger charge is 2.33. The Hall–Kier alpha value is 0.270. The number of nitrogens with one attached hydrogen (secondary N) is 1. The first-order valence-electron chi connectivity index (χ1n) is 5.63. The van der Waals surface area contributed by atoms with Crippen molar-refractivity contribution >= 4 is 11.4 Å². The van der Waals surface area contributed by atoms with Crippen LogP contribution in [0.2, 0.25) is 0 Å². The van der Waals surface area contributed by atoms with Crippen LogP contribution in [0.4, 0.5) is 0 Å². The van der Waals surface area contributed by atoms with Crippen molar-refractivity contribution in [1.82, 2.24) is 4.72 Å². The maximum Gasteiger partial charge on any atom is 0.136 e. The maximum absolute atomic E-state index is 11.9. The maximum atomic E-state index is 11.9. The van der Waals surface area contributed by atoms with E-state index in [9.17, 15) is 4.55 Å². The molecule has 0 amide bonds. The van der Waals surface area contributed by atoms with E-state index in [0.29, 0.717) is 6.04 Å². The van der Waals surface area contributed by atoms with E-state index in [-0.39, 0.29) is 4.75 Å². The molecule has 14 heavy (non-hydrogen) atoms. The lowest BCUT2D eigenvalue weighted by Gasteiger charge is -2.35. The molecule has 0 unspecified atom stereocenters. The molecule has 3 heteroatoms. The Morgan fingerprint density at radius 2 is 2.00 bits per heavy atom. The smallest absolute Gasteiger partial charge is 0.136 e. The quantitative estimate of drug-likeness (QED) is 0.735. The third-order valence-corrected chi connectivity index (χ3v) is 4.60. The zero-order valence-electron chi connectivity index (χ0n) is 9.80. The van der Waals surface area contributed by atoms with Crippen molar-refractivity contribution in [3.8, 4) is 0 Å². The first-order chi connectivity index (χ1) is 6.45. The molecule has 1 aliphatic carbocycles. The molecule has 2 atom stereocenters. The van der Waals surface area contributed by atoms with Crippen LogP contribution in [0.15, 0.2) is 0 Å².